The summed E-state index contributed by atoms with van der Waals surface area (Å²) in [6.07, 6.45) is 0. The summed E-state index contributed by atoms with van der Waals surface area (Å²) in [5.41, 5.74) is 9.44. The highest BCUT2D eigenvalue weighted by Gasteiger charge is 2.28. The van der Waals surface area contributed by atoms with Crippen LogP contribution in [0.5, 0.6) is 0 Å². The number of carbonyl (C=O) groups excluding carboxylic acids is 3. The van der Waals surface area contributed by atoms with Crippen LogP contribution >= 0.6 is 0 Å². The molecule has 2 heterocycles. The van der Waals surface area contributed by atoms with E-state index in [1.54, 1.807) is 30.3 Å². The summed E-state index contributed by atoms with van der Waals surface area (Å²) in [7, 11) is 0. The largest absolute Gasteiger partial charge is 0.366 e. The van der Waals surface area contributed by atoms with Crippen LogP contribution in [0.3, 0.4) is 0 Å². The Hall–Kier alpha value is -4.60. The summed E-state index contributed by atoms with van der Waals surface area (Å²) in [5.74, 6) is -0.956. The third kappa shape index (κ3) is 10.5. The number of carbonyl (C=O) groups is 3. The molecule has 0 aliphatic carbocycles. The zero-order chi connectivity index (χ0) is 33.2. The van der Waals surface area contributed by atoms with Gasteiger partial charge in [-0.1, -0.05) is 86.6 Å². The Kier molecular flexibility index (Phi) is 14.3. The second-order valence-corrected chi connectivity index (χ2v) is 13.9. The van der Waals surface area contributed by atoms with Crippen molar-refractivity contribution in [2.75, 3.05) is 0 Å². The van der Waals surface area contributed by atoms with E-state index < -0.39 is 0 Å². The van der Waals surface area contributed by atoms with Gasteiger partial charge in [0.05, 0.1) is 21.9 Å². The summed E-state index contributed by atoms with van der Waals surface area (Å²) >= 11 is 0. The topological polar surface area (TPSA) is 155 Å². The van der Waals surface area contributed by atoms with E-state index in [0.29, 0.717) is 27.5 Å². The molecule has 9 nitrogen and oxygen atoms in total. The van der Waals surface area contributed by atoms with Gasteiger partial charge in [0, 0.05) is 30.8 Å². The Balaban J connectivity index is 0.000000658. The molecular formula is C35H42B3N4O5. The van der Waals surface area contributed by atoms with E-state index in [9.17, 15) is 24.0 Å². The highest BCUT2D eigenvalue weighted by atomic mass is 16.2. The average Bonchev–Trinajstić information content (AvgIpc) is 3.22. The van der Waals surface area contributed by atoms with Crippen molar-refractivity contribution in [2.24, 2.45) is 5.73 Å². The molecule has 241 valence electrons. The monoisotopic (exact) mass is 631 g/mol. The molecule has 3 amide bonds. The molecule has 0 bridgehead atoms. The van der Waals surface area contributed by atoms with Crippen LogP contribution in [-0.2, 0) is 16.2 Å². The van der Waals surface area contributed by atoms with Crippen LogP contribution in [0.1, 0.15) is 110 Å². The van der Waals surface area contributed by atoms with Gasteiger partial charge >= 0.3 is 0 Å². The first-order chi connectivity index (χ1) is 20.2. The molecule has 9 radical (unpaired) electrons. The van der Waals surface area contributed by atoms with Crippen molar-refractivity contribution in [1.29, 1.82) is 0 Å². The number of hydrogen-bond donors (Lipinski definition) is 4. The molecule has 0 saturated heterocycles. The van der Waals surface area contributed by atoms with Crippen molar-refractivity contribution in [3.63, 3.8) is 0 Å². The zero-order valence-corrected chi connectivity index (χ0v) is 28.6. The average molecular weight is 631 g/mol. The number of aromatic amines is 2. The molecule has 0 saturated carbocycles. The van der Waals surface area contributed by atoms with Crippen molar-refractivity contribution >= 4 is 53.7 Å². The Bertz CT molecular complexity index is 1860. The molecule has 1 aliphatic heterocycles. The van der Waals surface area contributed by atoms with E-state index in [-0.39, 0.29) is 70.3 Å². The number of imide groups is 1. The molecule has 1 aromatic heterocycles. The minimum Gasteiger partial charge on any atom is -0.366 e. The van der Waals surface area contributed by atoms with Gasteiger partial charge in [-0.15, -0.1) is 0 Å². The number of hydrogen-bond acceptors (Lipinski definition) is 5. The normalized spacial score (nSPS) is 12.0. The Morgan fingerprint density at radius 3 is 1.51 bits per heavy atom. The predicted molar refractivity (Wildman–Crippen MR) is 192 cm³/mol. The fraction of sp³-hybridized carbons (Fsp3) is 0.343. The van der Waals surface area contributed by atoms with Gasteiger partial charge < -0.3 is 5.73 Å². The number of nitrogens with one attached hydrogen (secondary N) is 3. The highest BCUT2D eigenvalue weighted by Crippen LogP contribution is 2.27. The Morgan fingerprint density at radius 2 is 1.00 bits per heavy atom. The summed E-state index contributed by atoms with van der Waals surface area (Å²) in [4.78, 5) is 56.7. The van der Waals surface area contributed by atoms with E-state index in [1.165, 1.54) is 0 Å². The van der Waals surface area contributed by atoms with Crippen molar-refractivity contribution < 1.29 is 14.4 Å². The van der Waals surface area contributed by atoms with E-state index >= 15 is 0 Å². The number of nitrogens with two attached hydrogens (primary N) is 1. The van der Waals surface area contributed by atoms with Crippen LogP contribution in [0.4, 0.5) is 0 Å². The number of aromatic nitrogens is 2. The van der Waals surface area contributed by atoms with Crippen LogP contribution < -0.4 is 22.2 Å². The summed E-state index contributed by atoms with van der Waals surface area (Å²) in [5, 5.41) is 7.79. The first kappa shape index (κ1) is 42.4. The molecule has 12 heteroatoms. The van der Waals surface area contributed by atoms with E-state index in [0.717, 1.165) is 16.7 Å². The second kappa shape index (κ2) is 15.8. The highest BCUT2D eigenvalue weighted by molar-refractivity contribution is 6.21. The molecule has 5 N–H and O–H groups in total. The second-order valence-electron chi connectivity index (χ2n) is 13.9. The molecule has 0 fully saturated rings. The third-order valence-corrected chi connectivity index (χ3v) is 7.28. The van der Waals surface area contributed by atoms with Crippen LogP contribution in [0, 0.1) is 0 Å². The molecule has 1 aliphatic rings. The van der Waals surface area contributed by atoms with Crippen LogP contribution in [0.2, 0.25) is 0 Å². The number of fused-ring (bicyclic) bond motifs is 2. The molecule has 0 unspecified atom stereocenters. The molecular weight excluding hydrogens is 589 g/mol. The van der Waals surface area contributed by atoms with Gasteiger partial charge in [0.15, 0.2) is 0 Å². The van der Waals surface area contributed by atoms with Gasteiger partial charge in [-0.3, -0.25) is 39.5 Å². The number of H-pyrrole nitrogens is 2. The van der Waals surface area contributed by atoms with Gasteiger partial charge in [-0.2, -0.15) is 0 Å². The number of amides is 3. The lowest BCUT2D eigenvalue weighted by molar-refractivity contribution is 0.0878. The molecule has 4 aromatic rings. The molecule has 3 aromatic carbocycles. The maximum Gasteiger partial charge on any atom is 0.270 e. The van der Waals surface area contributed by atoms with Gasteiger partial charge in [-0.05, 0) is 69.3 Å². The lowest BCUT2D eigenvalue weighted by Gasteiger charge is -2.19. The number of rotatable bonds is 1. The molecule has 0 atom stereocenters. The predicted octanol–water partition coefficient (Wildman–Crippen LogP) is 4.32. The fourth-order valence-electron chi connectivity index (χ4n) is 4.42. The first-order valence-electron chi connectivity index (χ1n) is 14.4. The van der Waals surface area contributed by atoms with Crippen LogP contribution in [-0.4, -0.2) is 53.2 Å². The quantitative estimate of drug-likeness (QED) is 0.182. The SMILES string of the molecule is CC(C)(C)c1ccc2c(=O)[nH][nH]c(=O)c2c1.CC(C)(C)c1ccc2c(c1)C(=O)NC2=O.CC(C)(C)c1cccc(C(N)=O)c1.[B].[B].[B]. The van der Waals surface area contributed by atoms with E-state index in [2.05, 4.69) is 77.8 Å². The number of benzene rings is 3. The Labute approximate surface area is 282 Å². The lowest BCUT2D eigenvalue weighted by Crippen LogP contribution is -2.20. The summed E-state index contributed by atoms with van der Waals surface area (Å²) in [6, 6.07) is 18.2. The van der Waals surface area contributed by atoms with E-state index in [1.807, 2.05) is 30.3 Å². The summed E-state index contributed by atoms with van der Waals surface area (Å²) in [6.45, 7) is 18.7. The van der Waals surface area contributed by atoms with E-state index in [4.69, 9.17) is 5.73 Å². The van der Waals surface area contributed by atoms with Gasteiger partial charge in [-0.25, -0.2) is 0 Å². The number of primary amides is 1. The molecule has 47 heavy (non-hydrogen) atoms. The van der Waals surface area contributed by atoms with Gasteiger partial charge in [0.2, 0.25) is 5.91 Å². The van der Waals surface area contributed by atoms with Crippen molar-refractivity contribution in [2.45, 2.75) is 78.6 Å². The maximum absolute atomic E-state index is 11.6. The minimum atomic E-state index is -0.369. The lowest BCUT2D eigenvalue weighted by atomic mass is 9.85. The van der Waals surface area contributed by atoms with Gasteiger partial charge in [0.25, 0.3) is 22.9 Å². The third-order valence-electron chi connectivity index (χ3n) is 7.28. The smallest absolute Gasteiger partial charge is 0.270 e. The zero-order valence-electron chi connectivity index (χ0n) is 28.6. The Morgan fingerprint density at radius 1 is 0.553 bits per heavy atom. The van der Waals surface area contributed by atoms with Crippen molar-refractivity contribution in [1.82, 2.24) is 15.5 Å². The summed E-state index contributed by atoms with van der Waals surface area (Å²) < 4.78 is 0. The standard InChI is InChI=1S/C12H14N2O2.C12H13NO2.C11H15NO.3B/c1-12(2,3)7-4-5-8-9(6-7)11(16)14-13-10(8)15;1-12(2,3)7-4-5-8-9(6-7)11(15)13-10(8)14;1-11(2,3)9-6-4-5-8(7-9)10(12)13;;;/h4-6H,1-3H3,(H,13,15)(H,14,16);4-6H,1-3H3,(H,13,14,15);4-7H,1-3H3,(H2,12,13);;;. The van der Waals surface area contributed by atoms with Crippen LogP contribution in [0.15, 0.2) is 70.3 Å². The van der Waals surface area contributed by atoms with Gasteiger partial charge in [0.1, 0.15) is 0 Å². The molecule has 5 rings (SSSR count). The minimum absolute atomic E-state index is 0. The van der Waals surface area contributed by atoms with Crippen molar-refractivity contribution in [3.05, 3.63) is 115 Å². The fourth-order valence-corrected chi connectivity index (χ4v) is 4.42. The first-order valence-corrected chi connectivity index (χ1v) is 14.4. The maximum atomic E-state index is 11.6. The molecule has 0 spiro atoms. The van der Waals surface area contributed by atoms with Crippen LogP contribution in [0.25, 0.3) is 10.8 Å². The van der Waals surface area contributed by atoms with Crippen molar-refractivity contribution in [3.8, 4) is 0 Å².